The molecule has 0 aliphatic rings. The molecule has 2 N–H and O–H groups in total. The summed E-state index contributed by atoms with van der Waals surface area (Å²) in [5.41, 5.74) is 6.76. The second-order valence-corrected chi connectivity index (χ2v) is 5.16. The van der Waals surface area contributed by atoms with E-state index in [2.05, 4.69) is 13.0 Å². The monoisotopic (exact) mass is 269 g/mol. The van der Waals surface area contributed by atoms with Gasteiger partial charge in [0.1, 0.15) is 0 Å². The zero-order chi connectivity index (χ0) is 13.2. The van der Waals surface area contributed by atoms with Crippen LogP contribution in [-0.4, -0.2) is 31.3 Å². The Kier molecular flexibility index (Phi) is 7.69. The van der Waals surface area contributed by atoms with Crippen molar-refractivity contribution in [3.8, 4) is 11.5 Å². The molecule has 0 spiro atoms. The number of hydrogen-bond donors (Lipinski definition) is 1. The Bertz CT molecular complexity index is 320. The smallest absolute Gasteiger partial charge is 0.164 e. The number of hydrogen-bond acceptors (Lipinski definition) is 4. The number of rotatable bonds is 9. The summed E-state index contributed by atoms with van der Waals surface area (Å²) in [6, 6.07) is 5.99. The van der Waals surface area contributed by atoms with Crippen molar-refractivity contribution in [3.63, 3.8) is 0 Å². The van der Waals surface area contributed by atoms with Gasteiger partial charge in [0.2, 0.25) is 0 Å². The Balaban J connectivity index is 2.74. The molecule has 0 aliphatic carbocycles. The summed E-state index contributed by atoms with van der Waals surface area (Å²) in [5, 5.41) is 0. The molecule has 1 aromatic rings. The van der Waals surface area contributed by atoms with Crippen molar-refractivity contribution in [3.05, 3.63) is 23.8 Å². The van der Waals surface area contributed by atoms with Gasteiger partial charge in [-0.3, -0.25) is 0 Å². The molecule has 0 saturated carbocycles. The van der Waals surface area contributed by atoms with Gasteiger partial charge in [-0.2, -0.15) is 11.8 Å². The molecule has 0 heterocycles. The van der Waals surface area contributed by atoms with Crippen molar-refractivity contribution in [2.45, 2.75) is 20.3 Å². The zero-order valence-corrected chi connectivity index (χ0v) is 12.1. The molecule has 1 aromatic carbocycles. The van der Waals surface area contributed by atoms with Crippen molar-refractivity contribution >= 4 is 11.8 Å². The molecule has 0 amide bonds. The van der Waals surface area contributed by atoms with Crippen LogP contribution >= 0.6 is 11.8 Å². The lowest BCUT2D eigenvalue weighted by Crippen LogP contribution is -2.09. The lowest BCUT2D eigenvalue weighted by Gasteiger charge is -2.15. The van der Waals surface area contributed by atoms with Crippen LogP contribution in [0.3, 0.4) is 0 Å². The normalized spacial score (nSPS) is 10.4. The third-order valence-corrected chi connectivity index (χ3v) is 3.32. The molecule has 0 aliphatic heterocycles. The van der Waals surface area contributed by atoms with Crippen molar-refractivity contribution in [1.29, 1.82) is 0 Å². The first-order valence-electron chi connectivity index (χ1n) is 6.48. The van der Waals surface area contributed by atoms with E-state index in [9.17, 15) is 0 Å². The lowest BCUT2D eigenvalue weighted by molar-refractivity contribution is 0.287. The Morgan fingerprint density at radius 1 is 1.22 bits per heavy atom. The summed E-state index contributed by atoms with van der Waals surface area (Å²) < 4.78 is 11.5. The number of para-hydroxylation sites is 1. The molecule has 18 heavy (non-hydrogen) atoms. The second-order valence-electron chi connectivity index (χ2n) is 3.76. The minimum atomic E-state index is 0.621. The van der Waals surface area contributed by atoms with Gasteiger partial charge in [0.25, 0.3) is 0 Å². The molecule has 0 fully saturated rings. The van der Waals surface area contributed by atoms with Crippen LogP contribution < -0.4 is 15.2 Å². The first kappa shape index (κ1) is 15.2. The Morgan fingerprint density at radius 3 is 2.72 bits per heavy atom. The van der Waals surface area contributed by atoms with Crippen LogP contribution in [0.15, 0.2) is 18.2 Å². The average molecular weight is 269 g/mol. The fraction of sp³-hybridized carbons (Fsp3) is 0.571. The summed E-state index contributed by atoms with van der Waals surface area (Å²) in [6.45, 7) is 6.10. The third-order valence-electron chi connectivity index (χ3n) is 2.45. The number of nitrogens with two attached hydrogens (primary N) is 1. The maximum atomic E-state index is 5.87. The van der Waals surface area contributed by atoms with Gasteiger partial charge < -0.3 is 15.2 Å². The van der Waals surface area contributed by atoms with Gasteiger partial charge in [-0.05, 0) is 37.3 Å². The summed E-state index contributed by atoms with van der Waals surface area (Å²) in [6.07, 6.45) is 0.817. The van der Waals surface area contributed by atoms with Crippen molar-refractivity contribution in [2.75, 3.05) is 31.3 Å². The predicted molar refractivity (Wildman–Crippen MR) is 78.9 cm³/mol. The van der Waals surface area contributed by atoms with E-state index < -0.39 is 0 Å². The highest BCUT2D eigenvalue weighted by atomic mass is 32.2. The molecule has 0 bridgehead atoms. The standard InChI is InChI=1S/C14H23NO2S/c1-3-16-13-7-5-6-12(8-9-15)14(13)17-10-11-18-4-2/h5-7H,3-4,8-11,15H2,1-2H3. The average Bonchev–Trinajstić information content (AvgIpc) is 2.38. The summed E-state index contributed by atoms with van der Waals surface area (Å²) in [4.78, 5) is 0. The van der Waals surface area contributed by atoms with Gasteiger partial charge in [-0.1, -0.05) is 19.1 Å². The Morgan fingerprint density at radius 2 is 2.06 bits per heavy atom. The largest absolute Gasteiger partial charge is 0.490 e. The predicted octanol–water partition coefficient (Wildman–Crippen LogP) is 2.72. The van der Waals surface area contributed by atoms with Gasteiger partial charge in [-0.15, -0.1) is 0 Å². The van der Waals surface area contributed by atoms with Crippen molar-refractivity contribution in [1.82, 2.24) is 0 Å². The molecule has 0 radical (unpaired) electrons. The van der Waals surface area contributed by atoms with E-state index in [1.807, 2.05) is 30.8 Å². The minimum Gasteiger partial charge on any atom is -0.490 e. The summed E-state index contributed by atoms with van der Waals surface area (Å²) >= 11 is 1.88. The van der Waals surface area contributed by atoms with Crippen LogP contribution in [0.25, 0.3) is 0 Å². The SMILES string of the molecule is CCOc1cccc(CCN)c1OCCSCC. The quantitative estimate of drug-likeness (QED) is 0.700. The first-order chi connectivity index (χ1) is 8.83. The molecule has 0 saturated heterocycles. The van der Waals surface area contributed by atoms with E-state index in [0.29, 0.717) is 19.8 Å². The first-order valence-corrected chi connectivity index (χ1v) is 7.64. The highest BCUT2D eigenvalue weighted by Gasteiger charge is 2.10. The van der Waals surface area contributed by atoms with Gasteiger partial charge >= 0.3 is 0 Å². The topological polar surface area (TPSA) is 44.5 Å². The van der Waals surface area contributed by atoms with E-state index in [4.69, 9.17) is 15.2 Å². The molecule has 0 aromatic heterocycles. The Labute approximate surface area is 114 Å². The van der Waals surface area contributed by atoms with Gasteiger partial charge in [0.05, 0.1) is 13.2 Å². The molecule has 3 nitrogen and oxygen atoms in total. The third kappa shape index (κ3) is 4.78. The van der Waals surface area contributed by atoms with E-state index in [-0.39, 0.29) is 0 Å². The second kappa shape index (κ2) is 9.11. The highest BCUT2D eigenvalue weighted by Crippen LogP contribution is 2.31. The van der Waals surface area contributed by atoms with E-state index in [1.165, 1.54) is 0 Å². The molecule has 102 valence electrons. The van der Waals surface area contributed by atoms with E-state index >= 15 is 0 Å². The molecule has 0 unspecified atom stereocenters. The van der Waals surface area contributed by atoms with Crippen LogP contribution in [0.4, 0.5) is 0 Å². The highest BCUT2D eigenvalue weighted by molar-refractivity contribution is 7.99. The molecular weight excluding hydrogens is 246 g/mol. The van der Waals surface area contributed by atoms with Crippen LogP contribution in [0.5, 0.6) is 11.5 Å². The number of benzene rings is 1. The van der Waals surface area contributed by atoms with Gasteiger partial charge in [0.15, 0.2) is 11.5 Å². The summed E-state index contributed by atoms with van der Waals surface area (Å²) in [7, 11) is 0. The lowest BCUT2D eigenvalue weighted by atomic mass is 10.1. The summed E-state index contributed by atoms with van der Waals surface area (Å²) in [5.74, 6) is 3.80. The van der Waals surface area contributed by atoms with Crippen LogP contribution in [0, 0.1) is 0 Å². The fourth-order valence-electron chi connectivity index (χ4n) is 1.69. The van der Waals surface area contributed by atoms with Crippen LogP contribution in [-0.2, 0) is 6.42 Å². The maximum Gasteiger partial charge on any atom is 0.164 e. The van der Waals surface area contributed by atoms with Crippen molar-refractivity contribution in [2.24, 2.45) is 5.73 Å². The van der Waals surface area contributed by atoms with E-state index in [1.54, 1.807) is 0 Å². The minimum absolute atomic E-state index is 0.621. The number of thioether (sulfide) groups is 1. The molecule has 0 atom stereocenters. The maximum absolute atomic E-state index is 5.87. The molecular formula is C14H23NO2S. The van der Waals surface area contributed by atoms with Gasteiger partial charge in [-0.25, -0.2) is 0 Å². The molecule has 1 rings (SSSR count). The van der Waals surface area contributed by atoms with Crippen LogP contribution in [0.1, 0.15) is 19.4 Å². The zero-order valence-electron chi connectivity index (χ0n) is 11.3. The number of ether oxygens (including phenoxy) is 2. The van der Waals surface area contributed by atoms with Gasteiger partial charge in [0, 0.05) is 5.75 Å². The van der Waals surface area contributed by atoms with Crippen molar-refractivity contribution < 1.29 is 9.47 Å². The fourth-order valence-corrected chi connectivity index (χ4v) is 2.18. The van der Waals surface area contributed by atoms with E-state index in [0.717, 1.165) is 35.0 Å². The Hall–Kier alpha value is -0.870. The van der Waals surface area contributed by atoms with Crippen LogP contribution in [0.2, 0.25) is 0 Å². The molecule has 4 heteroatoms.